The van der Waals surface area contributed by atoms with Gasteiger partial charge in [0.15, 0.2) is 0 Å². The van der Waals surface area contributed by atoms with Gasteiger partial charge in [0.05, 0.1) is 10.3 Å². The standard InChI is InChI=1S/C25H28N4O2S/c1-18-9-10-22(32-18)23(30)29-12-6-11-25(16-29,24(31)28(2)3)13-19-7-4-5-8-21(19)20-14-26-17-27-15-20/h4-5,7-10,14-15,17H,6,11-13,16H2,1-3H3. The predicted octanol–water partition coefficient (Wildman–Crippen LogP) is 4.07. The molecule has 0 bridgehead atoms. The second kappa shape index (κ2) is 9.20. The maximum atomic E-state index is 13.5. The lowest BCUT2D eigenvalue weighted by Gasteiger charge is -2.43. The van der Waals surface area contributed by atoms with Crippen molar-refractivity contribution < 1.29 is 9.59 Å². The van der Waals surface area contributed by atoms with Crippen LogP contribution in [0.25, 0.3) is 11.1 Å². The molecule has 6 nitrogen and oxygen atoms in total. The number of rotatable bonds is 5. The van der Waals surface area contributed by atoms with Gasteiger partial charge < -0.3 is 9.80 Å². The van der Waals surface area contributed by atoms with E-state index in [1.807, 2.05) is 42.2 Å². The normalized spacial score (nSPS) is 18.4. The van der Waals surface area contributed by atoms with Crippen molar-refractivity contribution in [3.63, 3.8) is 0 Å². The van der Waals surface area contributed by atoms with Crippen molar-refractivity contribution in [2.24, 2.45) is 5.41 Å². The molecule has 1 aliphatic heterocycles. The lowest BCUT2D eigenvalue weighted by molar-refractivity contribution is -0.142. The average Bonchev–Trinajstić information content (AvgIpc) is 3.25. The fourth-order valence-corrected chi connectivity index (χ4v) is 5.47. The van der Waals surface area contributed by atoms with Crippen LogP contribution in [0.2, 0.25) is 0 Å². The van der Waals surface area contributed by atoms with Crippen molar-refractivity contribution in [3.05, 3.63) is 70.4 Å². The summed E-state index contributed by atoms with van der Waals surface area (Å²) in [6.45, 7) is 3.09. The molecule has 166 valence electrons. The Morgan fingerprint density at radius 1 is 1.12 bits per heavy atom. The molecule has 32 heavy (non-hydrogen) atoms. The van der Waals surface area contributed by atoms with Crippen LogP contribution in [0.4, 0.5) is 0 Å². The first kappa shape index (κ1) is 22.1. The summed E-state index contributed by atoms with van der Waals surface area (Å²) in [5, 5.41) is 0. The number of aryl methyl sites for hydroxylation is 1. The molecule has 0 N–H and O–H groups in total. The number of aromatic nitrogens is 2. The zero-order chi connectivity index (χ0) is 22.7. The monoisotopic (exact) mass is 448 g/mol. The van der Waals surface area contributed by atoms with Crippen LogP contribution in [-0.4, -0.2) is 58.8 Å². The minimum absolute atomic E-state index is 0.0171. The molecule has 2 aromatic heterocycles. The van der Waals surface area contributed by atoms with Gasteiger partial charge in [-0.05, 0) is 49.4 Å². The Morgan fingerprint density at radius 2 is 1.88 bits per heavy atom. The summed E-state index contributed by atoms with van der Waals surface area (Å²) in [5.41, 5.74) is 2.35. The van der Waals surface area contributed by atoms with E-state index in [-0.39, 0.29) is 11.8 Å². The number of carbonyl (C=O) groups is 2. The lowest BCUT2D eigenvalue weighted by atomic mass is 9.73. The van der Waals surface area contributed by atoms with Crippen LogP contribution in [0.3, 0.4) is 0 Å². The molecule has 0 spiro atoms. The Morgan fingerprint density at radius 3 is 2.56 bits per heavy atom. The summed E-state index contributed by atoms with van der Waals surface area (Å²) in [7, 11) is 3.59. The average molecular weight is 449 g/mol. The van der Waals surface area contributed by atoms with Crippen molar-refractivity contribution in [2.45, 2.75) is 26.2 Å². The third-order valence-corrected chi connectivity index (χ3v) is 7.08. The van der Waals surface area contributed by atoms with Crippen molar-refractivity contribution in [3.8, 4) is 11.1 Å². The zero-order valence-corrected chi connectivity index (χ0v) is 19.6. The fourth-order valence-electron chi connectivity index (χ4n) is 4.64. The zero-order valence-electron chi connectivity index (χ0n) is 18.7. The Bertz CT molecular complexity index is 1110. The maximum Gasteiger partial charge on any atom is 0.263 e. The van der Waals surface area contributed by atoms with E-state index < -0.39 is 5.41 Å². The number of hydrogen-bond donors (Lipinski definition) is 0. The van der Waals surface area contributed by atoms with E-state index >= 15 is 0 Å². The molecule has 3 aromatic rings. The van der Waals surface area contributed by atoms with Gasteiger partial charge in [0.1, 0.15) is 6.33 Å². The summed E-state index contributed by atoms with van der Waals surface area (Å²) < 4.78 is 0. The highest BCUT2D eigenvalue weighted by Crippen LogP contribution is 2.38. The first-order valence-corrected chi connectivity index (χ1v) is 11.6. The van der Waals surface area contributed by atoms with E-state index in [1.165, 1.54) is 17.7 Å². The number of amides is 2. The molecular weight excluding hydrogens is 420 g/mol. The smallest absolute Gasteiger partial charge is 0.263 e. The van der Waals surface area contributed by atoms with Crippen molar-refractivity contribution in [1.82, 2.24) is 19.8 Å². The third kappa shape index (κ3) is 4.43. The molecule has 4 rings (SSSR count). The van der Waals surface area contributed by atoms with E-state index in [9.17, 15) is 9.59 Å². The van der Waals surface area contributed by atoms with Crippen LogP contribution in [0.5, 0.6) is 0 Å². The molecule has 1 atom stereocenters. The first-order chi connectivity index (χ1) is 15.4. The van der Waals surface area contributed by atoms with E-state index in [2.05, 4.69) is 16.0 Å². The van der Waals surface area contributed by atoms with Crippen LogP contribution < -0.4 is 0 Å². The molecule has 0 aliphatic carbocycles. The summed E-state index contributed by atoms with van der Waals surface area (Å²) >= 11 is 1.51. The Balaban J connectivity index is 1.69. The molecule has 0 saturated carbocycles. The minimum Gasteiger partial charge on any atom is -0.348 e. The quantitative estimate of drug-likeness (QED) is 0.590. The second-order valence-electron chi connectivity index (χ2n) is 8.68. The third-order valence-electron chi connectivity index (χ3n) is 6.09. The van der Waals surface area contributed by atoms with Crippen LogP contribution in [0.15, 0.2) is 55.1 Å². The lowest BCUT2D eigenvalue weighted by Crippen LogP contribution is -2.54. The molecule has 0 radical (unpaired) electrons. The van der Waals surface area contributed by atoms with Crippen LogP contribution >= 0.6 is 11.3 Å². The number of benzene rings is 1. The highest BCUT2D eigenvalue weighted by Gasteiger charge is 2.45. The highest BCUT2D eigenvalue weighted by molar-refractivity contribution is 7.13. The van der Waals surface area contributed by atoms with Gasteiger partial charge in [0.25, 0.3) is 5.91 Å². The highest BCUT2D eigenvalue weighted by atomic mass is 32.1. The van der Waals surface area contributed by atoms with Gasteiger partial charge in [-0.25, -0.2) is 9.97 Å². The van der Waals surface area contributed by atoms with Gasteiger partial charge >= 0.3 is 0 Å². The molecule has 1 aliphatic rings. The Kier molecular flexibility index (Phi) is 6.37. The summed E-state index contributed by atoms with van der Waals surface area (Å²) in [5.74, 6) is 0.0833. The van der Waals surface area contributed by atoms with E-state index in [4.69, 9.17) is 0 Å². The van der Waals surface area contributed by atoms with Crippen LogP contribution in [0, 0.1) is 12.3 Å². The van der Waals surface area contributed by atoms with E-state index in [0.29, 0.717) is 19.5 Å². The topological polar surface area (TPSA) is 66.4 Å². The number of nitrogens with zero attached hydrogens (tertiary/aromatic N) is 4. The summed E-state index contributed by atoms with van der Waals surface area (Å²) in [4.78, 5) is 40.5. The first-order valence-electron chi connectivity index (χ1n) is 10.8. The maximum absolute atomic E-state index is 13.5. The Hall–Kier alpha value is -3.06. The molecule has 3 heterocycles. The molecule has 1 saturated heterocycles. The molecule has 2 amide bonds. The SMILES string of the molecule is Cc1ccc(C(=O)N2CCCC(Cc3ccccc3-c3cncnc3)(C(=O)N(C)C)C2)s1. The van der Waals surface area contributed by atoms with E-state index in [1.54, 1.807) is 31.4 Å². The van der Waals surface area contributed by atoms with E-state index in [0.717, 1.165) is 39.3 Å². The molecule has 1 aromatic carbocycles. The molecular formula is C25H28N4O2S. The number of carbonyl (C=O) groups excluding carboxylic acids is 2. The van der Waals surface area contributed by atoms with Gasteiger partial charge in [-0.2, -0.15) is 0 Å². The number of hydrogen-bond acceptors (Lipinski definition) is 5. The number of thiophene rings is 1. The van der Waals surface area contributed by atoms with Crippen molar-refractivity contribution in [2.75, 3.05) is 27.2 Å². The second-order valence-corrected chi connectivity index (χ2v) is 9.97. The largest absolute Gasteiger partial charge is 0.348 e. The van der Waals surface area contributed by atoms with Gasteiger partial charge in [-0.3, -0.25) is 9.59 Å². The fraction of sp³-hybridized carbons (Fsp3) is 0.360. The van der Waals surface area contributed by atoms with Gasteiger partial charge in [0, 0.05) is 50.0 Å². The predicted molar refractivity (Wildman–Crippen MR) is 126 cm³/mol. The van der Waals surface area contributed by atoms with Crippen LogP contribution in [0.1, 0.15) is 33.0 Å². The molecule has 1 fully saturated rings. The summed E-state index contributed by atoms with van der Waals surface area (Å²) in [6.07, 6.45) is 7.20. The Labute approximate surface area is 192 Å². The molecule has 1 unspecified atom stereocenters. The van der Waals surface area contributed by atoms with Gasteiger partial charge in [-0.15, -0.1) is 11.3 Å². The van der Waals surface area contributed by atoms with Crippen molar-refractivity contribution in [1.29, 1.82) is 0 Å². The summed E-state index contributed by atoms with van der Waals surface area (Å²) in [6, 6.07) is 12.0. The van der Waals surface area contributed by atoms with Crippen LogP contribution in [-0.2, 0) is 11.2 Å². The van der Waals surface area contributed by atoms with Gasteiger partial charge in [0.2, 0.25) is 5.91 Å². The molecule has 7 heteroatoms. The van der Waals surface area contributed by atoms with Gasteiger partial charge in [-0.1, -0.05) is 24.3 Å². The van der Waals surface area contributed by atoms with Crippen molar-refractivity contribution >= 4 is 23.2 Å². The minimum atomic E-state index is -0.671. The number of piperidine rings is 1. The number of likely N-dealkylation sites (tertiary alicyclic amines) is 1.